The van der Waals surface area contributed by atoms with E-state index in [0.29, 0.717) is 4.34 Å². The number of carboxylic acid groups (broad SMARTS) is 1. The Bertz CT molecular complexity index is 674. The highest BCUT2D eigenvalue weighted by atomic mass is 35.5. The predicted octanol–water partition coefficient (Wildman–Crippen LogP) is 2.67. The van der Waals surface area contributed by atoms with E-state index in [1.165, 1.54) is 12.1 Å². The van der Waals surface area contributed by atoms with Crippen molar-refractivity contribution in [2.45, 2.75) is 4.34 Å². The number of thioether (sulfide) groups is 1. The van der Waals surface area contributed by atoms with Gasteiger partial charge in [-0.3, -0.25) is 14.9 Å². The summed E-state index contributed by atoms with van der Waals surface area (Å²) >= 11 is 13.5. The maximum atomic E-state index is 12.0. The molecule has 0 aliphatic rings. The Hall–Kier alpha value is -1.42. The lowest BCUT2D eigenvalue weighted by molar-refractivity contribution is -0.133. The number of carbonyl (C=O) groups is 2. The molecule has 7 nitrogen and oxygen atoms in total. The minimum Gasteiger partial charge on any atom is -0.481 e. The minimum atomic E-state index is -0.957. The fraction of sp³-hybridized carbons (Fsp3) is 0.100. The smallest absolute Gasteiger partial charge is 0.313 e. The molecule has 21 heavy (non-hydrogen) atoms. The van der Waals surface area contributed by atoms with Crippen LogP contribution in [-0.2, 0) is 4.79 Å². The molecule has 2 heterocycles. The van der Waals surface area contributed by atoms with Gasteiger partial charge in [-0.25, -0.2) is 4.98 Å². The molecule has 2 aromatic rings. The van der Waals surface area contributed by atoms with Crippen LogP contribution in [0.3, 0.4) is 0 Å². The number of halogens is 2. The number of hydrogen-bond donors (Lipinski definition) is 2. The van der Waals surface area contributed by atoms with Crippen LogP contribution in [0, 0.1) is 0 Å². The molecule has 0 radical (unpaired) electrons. The van der Waals surface area contributed by atoms with Crippen molar-refractivity contribution in [2.24, 2.45) is 0 Å². The van der Waals surface area contributed by atoms with E-state index < -0.39 is 11.9 Å². The molecule has 2 rings (SSSR count). The average Bonchev–Trinajstić information content (AvgIpc) is 2.83. The molecule has 110 valence electrons. The van der Waals surface area contributed by atoms with E-state index in [-0.39, 0.29) is 26.8 Å². The van der Waals surface area contributed by atoms with Crippen LogP contribution in [0.1, 0.15) is 10.4 Å². The van der Waals surface area contributed by atoms with E-state index in [1.54, 1.807) is 0 Å². The summed E-state index contributed by atoms with van der Waals surface area (Å²) in [5.74, 6) is -1.55. The van der Waals surface area contributed by atoms with Gasteiger partial charge in [-0.15, -0.1) is 10.2 Å². The first-order chi connectivity index (χ1) is 9.94. The molecule has 0 atom stereocenters. The summed E-state index contributed by atoms with van der Waals surface area (Å²) in [6.45, 7) is 0. The molecule has 11 heteroatoms. The van der Waals surface area contributed by atoms with E-state index >= 15 is 0 Å². The SMILES string of the molecule is O=C(O)CSc1nnc(NC(=O)c2cc(Cl)nc(Cl)c2)s1. The number of aliphatic carboxylic acids is 1. The maximum absolute atomic E-state index is 12.0. The molecule has 0 aliphatic heterocycles. The standard InChI is InChI=1S/C10H6Cl2N4O3S2/c11-5-1-4(2-6(12)13-5)8(19)14-9-15-16-10(21-9)20-3-7(17)18/h1-2H,3H2,(H,17,18)(H,14,15,19). The number of carboxylic acids is 1. The van der Waals surface area contributed by atoms with Crippen LogP contribution in [0.2, 0.25) is 10.3 Å². The highest BCUT2D eigenvalue weighted by Gasteiger charge is 2.13. The molecule has 2 N–H and O–H groups in total. The van der Waals surface area contributed by atoms with E-state index in [2.05, 4.69) is 20.5 Å². The number of anilines is 1. The highest BCUT2D eigenvalue weighted by molar-refractivity contribution is 8.01. The Morgan fingerprint density at radius 2 is 1.95 bits per heavy atom. The van der Waals surface area contributed by atoms with Gasteiger partial charge in [-0.1, -0.05) is 46.3 Å². The summed E-state index contributed by atoms with van der Waals surface area (Å²) in [6.07, 6.45) is 0. The number of rotatable bonds is 5. The fourth-order valence-electron chi connectivity index (χ4n) is 1.21. The van der Waals surface area contributed by atoms with Crippen molar-refractivity contribution in [1.29, 1.82) is 0 Å². The third kappa shape index (κ3) is 4.81. The summed E-state index contributed by atoms with van der Waals surface area (Å²) < 4.78 is 0.443. The molecular weight excluding hydrogens is 359 g/mol. The van der Waals surface area contributed by atoms with Crippen LogP contribution in [0.5, 0.6) is 0 Å². The molecule has 0 fully saturated rings. The molecule has 0 aliphatic carbocycles. The first-order valence-corrected chi connectivity index (χ1v) is 7.82. The second-order valence-corrected chi connectivity index (χ2v) is 6.49. The monoisotopic (exact) mass is 364 g/mol. The Morgan fingerprint density at radius 3 is 2.57 bits per heavy atom. The van der Waals surface area contributed by atoms with Gasteiger partial charge in [0.05, 0.1) is 5.75 Å². The summed E-state index contributed by atoms with van der Waals surface area (Å²) in [7, 11) is 0. The van der Waals surface area contributed by atoms with Crippen LogP contribution in [-0.4, -0.2) is 37.9 Å². The number of hydrogen-bond acceptors (Lipinski definition) is 7. The lowest BCUT2D eigenvalue weighted by Gasteiger charge is -2.01. The minimum absolute atomic E-state index is 0.0996. The maximum Gasteiger partial charge on any atom is 0.313 e. The molecular formula is C10H6Cl2N4O3S2. The fourth-order valence-corrected chi connectivity index (χ4v) is 3.14. The van der Waals surface area contributed by atoms with Crippen LogP contribution < -0.4 is 5.32 Å². The number of carbonyl (C=O) groups excluding carboxylic acids is 1. The third-order valence-corrected chi connectivity index (χ3v) is 4.32. The lowest BCUT2D eigenvalue weighted by Crippen LogP contribution is -2.12. The third-order valence-electron chi connectivity index (χ3n) is 1.97. The summed E-state index contributed by atoms with van der Waals surface area (Å²) in [5.41, 5.74) is 0.231. The lowest BCUT2D eigenvalue weighted by atomic mass is 10.2. The molecule has 0 saturated heterocycles. The van der Waals surface area contributed by atoms with Crippen molar-refractivity contribution in [3.05, 3.63) is 28.0 Å². The second-order valence-electron chi connectivity index (χ2n) is 3.51. The average molecular weight is 365 g/mol. The van der Waals surface area contributed by atoms with Crippen LogP contribution in [0.4, 0.5) is 5.13 Å². The molecule has 2 aromatic heterocycles. The van der Waals surface area contributed by atoms with Crippen LogP contribution in [0.25, 0.3) is 0 Å². The van der Waals surface area contributed by atoms with Gasteiger partial charge in [0, 0.05) is 5.56 Å². The Labute approximate surface area is 136 Å². The first-order valence-electron chi connectivity index (χ1n) is 5.26. The first kappa shape index (κ1) is 16.0. The highest BCUT2D eigenvalue weighted by Crippen LogP contribution is 2.25. The zero-order valence-corrected chi connectivity index (χ0v) is 13.2. The van der Waals surface area contributed by atoms with Crippen molar-refractivity contribution in [2.75, 3.05) is 11.1 Å². The van der Waals surface area contributed by atoms with Gasteiger partial charge < -0.3 is 5.11 Å². The molecule has 0 saturated carbocycles. The van der Waals surface area contributed by atoms with Crippen molar-refractivity contribution in [3.8, 4) is 0 Å². The zero-order chi connectivity index (χ0) is 15.4. The predicted molar refractivity (Wildman–Crippen MR) is 80.5 cm³/mol. The molecule has 0 aromatic carbocycles. The van der Waals surface area contributed by atoms with Crippen molar-refractivity contribution < 1.29 is 14.7 Å². The number of nitrogens with zero attached hydrogens (tertiary/aromatic N) is 3. The molecule has 0 bridgehead atoms. The van der Waals surface area contributed by atoms with Gasteiger partial charge in [0.2, 0.25) is 5.13 Å². The second kappa shape index (κ2) is 7.03. The van der Waals surface area contributed by atoms with Gasteiger partial charge in [-0.2, -0.15) is 0 Å². The van der Waals surface area contributed by atoms with Crippen LogP contribution >= 0.6 is 46.3 Å². The normalized spacial score (nSPS) is 10.4. The summed E-state index contributed by atoms with van der Waals surface area (Å²) in [5, 5.41) is 19.0. The van der Waals surface area contributed by atoms with E-state index in [1.807, 2.05) is 0 Å². The quantitative estimate of drug-likeness (QED) is 0.477. The van der Waals surface area contributed by atoms with Crippen molar-refractivity contribution >= 4 is 63.3 Å². The Kier molecular flexibility index (Phi) is 5.34. The van der Waals surface area contributed by atoms with E-state index in [9.17, 15) is 9.59 Å². The van der Waals surface area contributed by atoms with Gasteiger partial charge in [0.1, 0.15) is 10.3 Å². The van der Waals surface area contributed by atoms with Crippen LogP contribution in [0.15, 0.2) is 16.5 Å². The van der Waals surface area contributed by atoms with E-state index in [0.717, 1.165) is 23.1 Å². The topological polar surface area (TPSA) is 105 Å². The zero-order valence-electron chi connectivity index (χ0n) is 10.0. The van der Waals surface area contributed by atoms with Gasteiger partial charge in [-0.05, 0) is 12.1 Å². The van der Waals surface area contributed by atoms with Gasteiger partial charge in [0.15, 0.2) is 4.34 Å². The molecule has 0 spiro atoms. The summed E-state index contributed by atoms with van der Waals surface area (Å²) in [4.78, 5) is 26.2. The largest absolute Gasteiger partial charge is 0.481 e. The number of amides is 1. The van der Waals surface area contributed by atoms with Crippen molar-refractivity contribution in [1.82, 2.24) is 15.2 Å². The molecule has 1 amide bonds. The number of aromatic nitrogens is 3. The van der Waals surface area contributed by atoms with Gasteiger partial charge >= 0.3 is 5.97 Å². The number of nitrogens with one attached hydrogen (secondary N) is 1. The van der Waals surface area contributed by atoms with E-state index in [4.69, 9.17) is 28.3 Å². The summed E-state index contributed by atoms with van der Waals surface area (Å²) in [6, 6.07) is 2.73. The van der Waals surface area contributed by atoms with Gasteiger partial charge in [0.25, 0.3) is 5.91 Å². The van der Waals surface area contributed by atoms with Crippen molar-refractivity contribution in [3.63, 3.8) is 0 Å². The Morgan fingerprint density at radius 1 is 1.29 bits per heavy atom. The number of pyridine rings is 1. The Balaban J connectivity index is 2.04. The molecule has 0 unspecified atom stereocenters.